The van der Waals surface area contributed by atoms with E-state index < -0.39 is 6.10 Å². The van der Waals surface area contributed by atoms with Crippen molar-refractivity contribution in [3.63, 3.8) is 0 Å². The van der Waals surface area contributed by atoms with Crippen molar-refractivity contribution in [2.75, 3.05) is 13.2 Å². The lowest BCUT2D eigenvalue weighted by molar-refractivity contribution is -0.167. The molecule has 6 heteroatoms. The summed E-state index contributed by atoms with van der Waals surface area (Å²) >= 11 is 0. The first-order chi connectivity index (χ1) is 32.0. The first-order valence-electron chi connectivity index (χ1n) is 29.2. The maximum absolute atomic E-state index is 12.9. The molecule has 0 radical (unpaired) electrons. The normalized spacial score (nSPS) is 11.6. The van der Waals surface area contributed by atoms with Crippen molar-refractivity contribution in [2.45, 2.75) is 335 Å². The van der Waals surface area contributed by atoms with Crippen LogP contribution in [0.2, 0.25) is 0 Å². The second-order valence-electron chi connectivity index (χ2n) is 19.9. The van der Waals surface area contributed by atoms with Crippen LogP contribution in [-0.4, -0.2) is 37.2 Å². The highest BCUT2D eigenvalue weighted by atomic mass is 16.6. The van der Waals surface area contributed by atoms with Crippen LogP contribution >= 0.6 is 0 Å². The number of hydrogen-bond donors (Lipinski definition) is 0. The van der Waals surface area contributed by atoms with E-state index in [1.165, 1.54) is 231 Å². The van der Waals surface area contributed by atoms with Gasteiger partial charge in [0.05, 0.1) is 0 Å². The standard InChI is InChI=1S/C59H112O6/c1-4-7-10-13-16-19-22-25-28-29-32-35-38-41-44-47-50-53-59(62)65-56(54-63-57(60)51-48-45-42-39-36-33-30-26-23-20-17-14-11-8-5-2)55-64-58(61)52-49-46-43-40-37-34-31-27-24-21-18-15-12-9-6-3/h25,28,56H,4-24,26-27,29-55H2,1-3H3/b28-25-. The molecule has 0 aliphatic heterocycles. The summed E-state index contributed by atoms with van der Waals surface area (Å²) in [4.78, 5) is 38.1. The summed E-state index contributed by atoms with van der Waals surface area (Å²) in [5.41, 5.74) is 0. The summed E-state index contributed by atoms with van der Waals surface area (Å²) in [5, 5.41) is 0. The van der Waals surface area contributed by atoms with E-state index in [4.69, 9.17) is 14.2 Å². The molecule has 0 fully saturated rings. The highest BCUT2D eigenvalue weighted by Gasteiger charge is 2.19. The van der Waals surface area contributed by atoms with Crippen LogP contribution in [0, 0.1) is 0 Å². The molecular weight excluding hydrogens is 805 g/mol. The van der Waals surface area contributed by atoms with Crippen LogP contribution in [0.5, 0.6) is 0 Å². The molecule has 0 heterocycles. The first kappa shape index (κ1) is 63.1. The molecule has 0 aromatic rings. The number of ether oxygens (including phenoxy) is 3. The first-order valence-corrected chi connectivity index (χ1v) is 29.2. The van der Waals surface area contributed by atoms with Crippen LogP contribution in [0.25, 0.3) is 0 Å². The van der Waals surface area contributed by atoms with Gasteiger partial charge in [0.1, 0.15) is 13.2 Å². The van der Waals surface area contributed by atoms with Gasteiger partial charge in [0.15, 0.2) is 6.10 Å². The number of allylic oxidation sites excluding steroid dienone is 2. The van der Waals surface area contributed by atoms with E-state index in [2.05, 4.69) is 32.9 Å². The average molecular weight is 918 g/mol. The number of hydrogen-bond acceptors (Lipinski definition) is 6. The number of esters is 3. The molecule has 0 amide bonds. The number of rotatable bonds is 54. The van der Waals surface area contributed by atoms with Crippen molar-refractivity contribution in [2.24, 2.45) is 0 Å². The monoisotopic (exact) mass is 917 g/mol. The van der Waals surface area contributed by atoms with Crippen LogP contribution in [0.15, 0.2) is 12.2 Å². The van der Waals surface area contributed by atoms with Crippen molar-refractivity contribution >= 4 is 17.9 Å². The Bertz CT molecular complexity index is 959. The van der Waals surface area contributed by atoms with Gasteiger partial charge in [-0.25, -0.2) is 0 Å². The van der Waals surface area contributed by atoms with Crippen molar-refractivity contribution in [1.82, 2.24) is 0 Å². The van der Waals surface area contributed by atoms with Gasteiger partial charge in [0.2, 0.25) is 0 Å². The zero-order chi connectivity index (χ0) is 47.2. The summed E-state index contributed by atoms with van der Waals surface area (Å²) in [5.74, 6) is -0.845. The molecule has 0 saturated carbocycles. The molecule has 0 bridgehead atoms. The van der Waals surface area contributed by atoms with Crippen molar-refractivity contribution in [3.8, 4) is 0 Å². The van der Waals surface area contributed by atoms with Crippen LogP contribution in [0.4, 0.5) is 0 Å². The second kappa shape index (κ2) is 54.8. The van der Waals surface area contributed by atoms with Gasteiger partial charge in [-0.2, -0.15) is 0 Å². The minimum absolute atomic E-state index is 0.0657. The smallest absolute Gasteiger partial charge is 0.306 e. The Morgan fingerprint density at radius 2 is 0.508 bits per heavy atom. The van der Waals surface area contributed by atoms with Crippen molar-refractivity contribution in [1.29, 1.82) is 0 Å². The second-order valence-corrected chi connectivity index (χ2v) is 19.9. The van der Waals surface area contributed by atoms with Gasteiger partial charge in [-0.05, 0) is 44.9 Å². The molecule has 0 aliphatic carbocycles. The fraction of sp³-hybridized carbons (Fsp3) is 0.915. The zero-order valence-corrected chi connectivity index (χ0v) is 44.0. The molecule has 0 spiro atoms. The van der Waals surface area contributed by atoms with Gasteiger partial charge in [-0.1, -0.05) is 277 Å². The summed E-state index contributed by atoms with van der Waals surface area (Å²) in [6.45, 7) is 6.69. The van der Waals surface area contributed by atoms with E-state index in [1.54, 1.807) is 0 Å². The Kier molecular flexibility index (Phi) is 53.2. The maximum atomic E-state index is 12.9. The SMILES string of the molecule is CCCCCCCC/C=C\CCCCCCCCCC(=O)OC(COC(=O)CCCCCCCCCCCCCCCCC)COC(=O)CCCCCCCCCCCCCCCCC. The third-order valence-electron chi connectivity index (χ3n) is 13.3. The molecule has 0 atom stereocenters. The highest BCUT2D eigenvalue weighted by Crippen LogP contribution is 2.17. The van der Waals surface area contributed by atoms with Crippen LogP contribution < -0.4 is 0 Å². The Balaban J connectivity index is 4.32. The lowest BCUT2D eigenvalue weighted by atomic mass is 10.0. The Morgan fingerprint density at radius 3 is 0.769 bits per heavy atom. The summed E-state index contributed by atoms with van der Waals surface area (Å²) in [7, 11) is 0. The summed E-state index contributed by atoms with van der Waals surface area (Å²) in [6, 6.07) is 0. The van der Waals surface area contributed by atoms with E-state index in [9.17, 15) is 14.4 Å². The summed E-state index contributed by atoms with van der Waals surface area (Å²) in [6.07, 6.45) is 62.0. The van der Waals surface area contributed by atoms with Gasteiger partial charge in [0, 0.05) is 19.3 Å². The van der Waals surface area contributed by atoms with Crippen LogP contribution in [-0.2, 0) is 28.6 Å². The molecule has 0 N–H and O–H groups in total. The molecule has 0 unspecified atom stereocenters. The molecule has 0 aromatic carbocycles. The van der Waals surface area contributed by atoms with E-state index in [1.807, 2.05) is 0 Å². The largest absolute Gasteiger partial charge is 0.462 e. The predicted octanol–water partition coefficient (Wildman–Crippen LogP) is 19.3. The maximum Gasteiger partial charge on any atom is 0.306 e. The van der Waals surface area contributed by atoms with E-state index in [0.29, 0.717) is 19.3 Å². The molecular formula is C59H112O6. The van der Waals surface area contributed by atoms with Gasteiger partial charge in [-0.15, -0.1) is 0 Å². The van der Waals surface area contributed by atoms with Crippen LogP contribution in [0.1, 0.15) is 329 Å². The van der Waals surface area contributed by atoms with Crippen molar-refractivity contribution < 1.29 is 28.6 Å². The van der Waals surface area contributed by atoms with Gasteiger partial charge < -0.3 is 14.2 Å². The number of unbranched alkanes of at least 4 members (excludes halogenated alkanes) is 41. The van der Waals surface area contributed by atoms with Gasteiger partial charge >= 0.3 is 17.9 Å². The van der Waals surface area contributed by atoms with Crippen molar-refractivity contribution in [3.05, 3.63) is 12.2 Å². The number of carbonyl (C=O) groups is 3. The highest BCUT2D eigenvalue weighted by molar-refractivity contribution is 5.71. The lowest BCUT2D eigenvalue weighted by Crippen LogP contribution is -2.30. The fourth-order valence-electron chi connectivity index (χ4n) is 8.85. The number of carbonyl (C=O) groups excluding carboxylic acids is 3. The zero-order valence-electron chi connectivity index (χ0n) is 44.0. The molecule has 6 nitrogen and oxygen atoms in total. The lowest BCUT2D eigenvalue weighted by Gasteiger charge is -2.18. The third-order valence-corrected chi connectivity index (χ3v) is 13.3. The van der Waals surface area contributed by atoms with Gasteiger partial charge in [-0.3, -0.25) is 14.4 Å². The Hall–Kier alpha value is -1.85. The Labute approximate surface area is 405 Å². The topological polar surface area (TPSA) is 78.9 Å². The minimum Gasteiger partial charge on any atom is -0.462 e. The van der Waals surface area contributed by atoms with Crippen LogP contribution in [0.3, 0.4) is 0 Å². The predicted molar refractivity (Wildman–Crippen MR) is 280 cm³/mol. The molecule has 384 valence electrons. The molecule has 0 aromatic heterocycles. The summed E-state index contributed by atoms with van der Waals surface area (Å²) < 4.78 is 16.9. The quantitative estimate of drug-likeness (QED) is 0.0262. The van der Waals surface area contributed by atoms with E-state index in [0.717, 1.165) is 57.8 Å². The third kappa shape index (κ3) is 53.0. The van der Waals surface area contributed by atoms with Gasteiger partial charge in [0.25, 0.3) is 0 Å². The van der Waals surface area contributed by atoms with E-state index in [-0.39, 0.29) is 31.1 Å². The Morgan fingerprint density at radius 1 is 0.292 bits per heavy atom. The molecule has 0 rings (SSSR count). The molecule has 0 aliphatic rings. The average Bonchev–Trinajstić information content (AvgIpc) is 3.30. The molecule has 0 saturated heterocycles. The van der Waals surface area contributed by atoms with E-state index >= 15 is 0 Å². The molecule has 65 heavy (non-hydrogen) atoms. The minimum atomic E-state index is -0.766. The fourth-order valence-corrected chi connectivity index (χ4v) is 8.85.